The first-order valence-electron chi connectivity index (χ1n) is 6.68. The molecule has 2 atom stereocenters. The van der Waals surface area contributed by atoms with Crippen LogP contribution in [0.2, 0.25) is 0 Å². The van der Waals surface area contributed by atoms with Gasteiger partial charge >= 0.3 is 18.0 Å². The first-order valence-corrected chi connectivity index (χ1v) is 6.68. The molecule has 0 saturated carbocycles. The summed E-state index contributed by atoms with van der Waals surface area (Å²) in [6, 6.07) is -0.810. The van der Waals surface area contributed by atoms with E-state index in [0.717, 1.165) is 0 Å². The Labute approximate surface area is 123 Å². The number of alkyl carbamates (subject to hydrolysis) is 1. The molecule has 0 bridgehead atoms. The molecule has 7 heteroatoms. The van der Waals surface area contributed by atoms with Gasteiger partial charge in [0, 0.05) is 6.42 Å². The van der Waals surface area contributed by atoms with Gasteiger partial charge in [0.25, 0.3) is 0 Å². The largest absolute Gasteiger partial charge is 0.460 e. The van der Waals surface area contributed by atoms with Gasteiger partial charge in [0.15, 0.2) is 0 Å². The zero-order chi connectivity index (χ0) is 16.0. The van der Waals surface area contributed by atoms with E-state index in [-0.39, 0.29) is 19.4 Å². The minimum atomic E-state index is -0.810. The van der Waals surface area contributed by atoms with Crippen LogP contribution in [0.3, 0.4) is 0 Å². The molecular formula is C14H21NO6. The molecule has 21 heavy (non-hydrogen) atoms. The van der Waals surface area contributed by atoms with Crippen molar-refractivity contribution in [1.29, 1.82) is 0 Å². The molecule has 0 spiro atoms. The van der Waals surface area contributed by atoms with Crippen molar-refractivity contribution in [3.63, 3.8) is 0 Å². The fourth-order valence-electron chi connectivity index (χ4n) is 1.78. The SMILES string of the molecule is C=CCOC(=O)N[C@H]1C[C@H](CC(=O)OC(C)(C)C)OC1=O. The number of nitrogens with one attached hydrogen (secondary N) is 1. The monoisotopic (exact) mass is 299 g/mol. The van der Waals surface area contributed by atoms with E-state index in [4.69, 9.17) is 14.2 Å². The number of carbonyl (C=O) groups excluding carboxylic acids is 3. The summed E-state index contributed by atoms with van der Waals surface area (Å²) >= 11 is 0. The Hall–Kier alpha value is -2.05. The van der Waals surface area contributed by atoms with Crippen LogP contribution in [0.25, 0.3) is 0 Å². The number of amides is 1. The minimum absolute atomic E-state index is 0.0388. The molecule has 0 aromatic heterocycles. The fraction of sp³-hybridized carbons (Fsp3) is 0.643. The molecule has 1 heterocycles. The summed E-state index contributed by atoms with van der Waals surface area (Å²) in [6.07, 6.45) is 0.258. The lowest BCUT2D eigenvalue weighted by Crippen LogP contribution is -2.38. The van der Waals surface area contributed by atoms with Gasteiger partial charge in [0.05, 0.1) is 6.42 Å². The zero-order valence-electron chi connectivity index (χ0n) is 12.5. The normalized spacial score (nSPS) is 21.4. The molecule has 118 valence electrons. The predicted octanol–water partition coefficient (Wildman–Crippen LogP) is 1.31. The Morgan fingerprint density at radius 3 is 2.71 bits per heavy atom. The number of rotatable bonds is 5. The molecule has 1 fully saturated rings. The third kappa shape index (κ3) is 6.29. The van der Waals surface area contributed by atoms with Crippen LogP contribution in [0.4, 0.5) is 4.79 Å². The molecule has 0 aromatic rings. The van der Waals surface area contributed by atoms with Crippen molar-refractivity contribution in [2.75, 3.05) is 6.61 Å². The Balaban J connectivity index is 2.42. The Morgan fingerprint density at radius 2 is 2.14 bits per heavy atom. The topological polar surface area (TPSA) is 90.9 Å². The van der Waals surface area contributed by atoms with Crippen LogP contribution >= 0.6 is 0 Å². The van der Waals surface area contributed by atoms with Crippen LogP contribution < -0.4 is 5.32 Å². The second-order valence-electron chi connectivity index (χ2n) is 5.67. The third-order valence-corrected chi connectivity index (χ3v) is 2.50. The maximum Gasteiger partial charge on any atom is 0.408 e. The number of hydrogen-bond donors (Lipinski definition) is 1. The second-order valence-corrected chi connectivity index (χ2v) is 5.67. The summed E-state index contributed by atoms with van der Waals surface area (Å²) in [6.45, 7) is 8.72. The standard InChI is InChI=1S/C14H21NO6/c1-5-6-19-13(18)15-10-7-9(20-12(10)17)8-11(16)21-14(2,3)4/h5,9-10H,1,6-8H2,2-4H3,(H,15,18)/t9-,10+/m1/s1. The summed E-state index contributed by atoms with van der Waals surface area (Å²) in [5.74, 6) is -1.03. The van der Waals surface area contributed by atoms with E-state index in [1.807, 2.05) is 0 Å². The average Bonchev–Trinajstić information content (AvgIpc) is 2.64. The van der Waals surface area contributed by atoms with E-state index in [9.17, 15) is 14.4 Å². The summed E-state index contributed by atoms with van der Waals surface area (Å²) in [5, 5.41) is 2.38. The average molecular weight is 299 g/mol. The molecule has 1 saturated heterocycles. The summed E-state index contributed by atoms with van der Waals surface area (Å²) in [4.78, 5) is 34.6. The predicted molar refractivity (Wildman–Crippen MR) is 73.4 cm³/mol. The van der Waals surface area contributed by atoms with Gasteiger partial charge in [-0.3, -0.25) is 4.79 Å². The van der Waals surface area contributed by atoms with Gasteiger partial charge in [0.1, 0.15) is 24.4 Å². The van der Waals surface area contributed by atoms with E-state index < -0.39 is 35.8 Å². The number of carbonyl (C=O) groups is 3. The smallest absolute Gasteiger partial charge is 0.408 e. The van der Waals surface area contributed by atoms with Crippen molar-refractivity contribution in [2.24, 2.45) is 0 Å². The number of esters is 2. The van der Waals surface area contributed by atoms with Crippen LogP contribution in [0.15, 0.2) is 12.7 Å². The second kappa shape index (κ2) is 7.10. The maximum atomic E-state index is 11.7. The van der Waals surface area contributed by atoms with Gasteiger partial charge in [0.2, 0.25) is 0 Å². The summed E-state index contributed by atoms with van der Waals surface area (Å²) < 4.78 is 14.9. The summed E-state index contributed by atoms with van der Waals surface area (Å²) in [7, 11) is 0. The first-order chi connectivity index (χ1) is 9.71. The van der Waals surface area contributed by atoms with Crippen molar-refractivity contribution >= 4 is 18.0 Å². The highest BCUT2D eigenvalue weighted by Gasteiger charge is 2.37. The quantitative estimate of drug-likeness (QED) is 0.467. The Kier molecular flexibility index (Phi) is 5.75. The molecule has 1 aliphatic heterocycles. The van der Waals surface area contributed by atoms with Crippen molar-refractivity contribution in [3.05, 3.63) is 12.7 Å². The van der Waals surface area contributed by atoms with E-state index in [2.05, 4.69) is 11.9 Å². The zero-order valence-corrected chi connectivity index (χ0v) is 12.5. The number of ether oxygens (including phenoxy) is 3. The molecule has 1 amide bonds. The fourth-order valence-corrected chi connectivity index (χ4v) is 1.78. The number of cyclic esters (lactones) is 1. The van der Waals surface area contributed by atoms with Gasteiger partial charge < -0.3 is 19.5 Å². The van der Waals surface area contributed by atoms with Gasteiger partial charge in [-0.2, -0.15) is 0 Å². The molecular weight excluding hydrogens is 278 g/mol. The molecule has 0 unspecified atom stereocenters. The lowest BCUT2D eigenvalue weighted by Gasteiger charge is -2.20. The van der Waals surface area contributed by atoms with Crippen LogP contribution in [0, 0.1) is 0 Å². The Morgan fingerprint density at radius 1 is 1.48 bits per heavy atom. The molecule has 0 radical (unpaired) electrons. The lowest BCUT2D eigenvalue weighted by atomic mass is 10.1. The molecule has 7 nitrogen and oxygen atoms in total. The van der Waals surface area contributed by atoms with Crippen molar-refractivity contribution in [3.8, 4) is 0 Å². The van der Waals surface area contributed by atoms with Crippen LogP contribution in [0.1, 0.15) is 33.6 Å². The van der Waals surface area contributed by atoms with Gasteiger partial charge in [-0.15, -0.1) is 0 Å². The van der Waals surface area contributed by atoms with Gasteiger partial charge in [-0.25, -0.2) is 9.59 Å². The number of hydrogen-bond acceptors (Lipinski definition) is 6. The van der Waals surface area contributed by atoms with Crippen molar-refractivity contribution in [1.82, 2.24) is 5.32 Å². The van der Waals surface area contributed by atoms with Crippen LogP contribution in [0.5, 0.6) is 0 Å². The van der Waals surface area contributed by atoms with E-state index in [1.165, 1.54) is 6.08 Å². The van der Waals surface area contributed by atoms with E-state index in [1.54, 1.807) is 20.8 Å². The van der Waals surface area contributed by atoms with Crippen molar-refractivity contribution in [2.45, 2.75) is 51.4 Å². The van der Waals surface area contributed by atoms with E-state index in [0.29, 0.717) is 0 Å². The van der Waals surface area contributed by atoms with Crippen LogP contribution in [-0.4, -0.2) is 42.4 Å². The van der Waals surface area contributed by atoms with Gasteiger partial charge in [-0.1, -0.05) is 12.7 Å². The highest BCUT2D eigenvalue weighted by atomic mass is 16.6. The molecule has 1 N–H and O–H groups in total. The Bertz CT molecular complexity index is 426. The van der Waals surface area contributed by atoms with Crippen LogP contribution in [-0.2, 0) is 23.8 Å². The highest BCUT2D eigenvalue weighted by Crippen LogP contribution is 2.20. The van der Waals surface area contributed by atoms with E-state index >= 15 is 0 Å². The highest BCUT2D eigenvalue weighted by molar-refractivity contribution is 5.83. The molecule has 0 aliphatic carbocycles. The molecule has 1 rings (SSSR count). The maximum absolute atomic E-state index is 11.7. The third-order valence-electron chi connectivity index (χ3n) is 2.50. The van der Waals surface area contributed by atoms with Gasteiger partial charge in [-0.05, 0) is 20.8 Å². The van der Waals surface area contributed by atoms with Crippen molar-refractivity contribution < 1.29 is 28.6 Å². The molecule has 0 aromatic carbocycles. The minimum Gasteiger partial charge on any atom is -0.460 e. The first kappa shape index (κ1) is 17.0. The molecule has 1 aliphatic rings. The summed E-state index contributed by atoms with van der Waals surface area (Å²) in [5.41, 5.74) is -0.591. The lowest BCUT2D eigenvalue weighted by molar-refractivity contribution is -0.158.